The highest BCUT2D eigenvalue weighted by atomic mass is 19.4. The van der Waals surface area contributed by atoms with Gasteiger partial charge in [0, 0.05) is 16.5 Å². The number of hydrogen-bond donors (Lipinski definition) is 1. The first-order valence-corrected chi connectivity index (χ1v) is 9.13. The molecular weight excluding hydrogens is 412 g/mol. The predicted molar refractivity (Wildman–Crippen MR) is 107 cm³/mol. The zero-order valence-corrected chi connectivity index (χ0v) is 16.0. The van der Waals surface area contributed by atoms with E-state index >= 15 is 0 Å². The summed E-state index contributed by atoms with van der Waals surface area (Å²) < 4.78 is 53.2. The molecule has 0 atom stereocenters. The summed E-state index contributed by atoms with van der Waals surface area (Å²) in [6, 6.07) is 13.6. The average molecular weight is 426 g/mol. The minimum atomic E-state index is -4.71. The van der Waals surface area contributed by atoms with Gasteiger partial charge in [-0.2, -0.15) is 13.2 Å². The lowest BCUT2D eigenvalue weighted by molar-refractivity contribution is -0.141. The maximum Gasteiger partial charge on any atom is 0.433 e. The lowest BCUT2D eigenvalue weighted by Crippen LogP contribution is -2.10. The Labute approximate surface area is 173 Å². The number of alkyl halides is 3. The van der Waals surface area contributed by atoms with E-state index in [2.05, 4.69) is 9.97 Å². The number of carboxylic acids is 1. The van der Waals surface area contributed by atoms with Crippen molar-refractivity contribution in [1.29, 1.82) is 0 Å². The molecule has 0 amide bonds. The van der Waals surface area contributed by atoms with Crippen molar-refractivity contribution in [3.63, 3.8) is 0 Å². The van der Waals surface area contributed by atoms with Gasteiger partial charge in [-0.1, -0.05) is 42.5 Å². The average Bonchev–Trinajstić information content (AvgIpc) is 2.72. The van der Waals surface area contributed by atoms with Crippen molar-refractivity contribution in [1.82, 2.24) is 9.97 Å². The number of carbonyl (C=O) groups is 1. The number of nitrogens with zero attached hydrogens (tertiary/aromatic N) is 2. The summed E-state index contributed by atoms with van der Waals surface area (Å²) in [7, 11) is 0. The Kier molecular flexibility index (Phi) is 4.93. The fourth-order valence-corrected chi connectivity index (χ4v) is 3.48. The first-order chi connectivity index (χ1) is 14.7. The molecule has 8 heteroatoms. The van der Waals surface area contributed by atoms with E-state index in [9.17, 15) is 27.5 Å². The van der Waals surface area contributed by atoms with Crippen LogP contribution >= 0.6 is 0 Å². The Hall–Kier alpha value is -3.81. The lowest BCUT2D eigenvalue weighted by atomic mass is 9.96. The summed E-state index contributed by atoms with van der Waals surface area (Å²) in [6.45, 7) is 1.49. The molecule has 4 rings (SSSR count). The van der Waals surface area contributed by atoms with Crippen LogP contribution in [0.25, 0.3) is 33.3 Å². The molecule has 0 spiro atoms. The van der Waals surface area contributed by atoms with Gasteiger partial charge < -0.3 is 5.11 Å². The number of aromatic nitrogens is 2. The minimum Gasteiger partial charge on any atom is -0.478 e. The van der Waals surface area contributed by atoms with Gasteiger partial charge >= 0.3 is 12.1 Å². The second kappa shape index (κ2) is 7.46. The molecule has 2 heterocycles. The van der Waals surface area contributed by atoms with Gasteiger partial charge in [-0.3, -0.25) is 0 Å². The molecular formula is C23H14F4N2O2. The number of aromatic carboxylic acids is 1. The third-order valence-corrected chi connectivity index (χ3v) is 4.96. The van der Waals surface area contributed by atoms with Crippen molar-refractivity contribution in [2.75, 3.05) is 0 Å². The molecule has 2 aromatic carbocycles. The van der Waals surface area contributed by atoms with Crippen molar-refractivity contribution in [2.24, 2.45) is 0 Å². The molecule has 156 valence electrons. The van der Waals surface area contributed by atoms with Crippen LogP contribution in [0.5, 0.6) is 0 Å². The zero-order valence-electron chi connectivity index (χ0n) is 16.0. The van der Waals surface area contributed by atoms with Crippen LogP contribution in [-0.4, -0.2) is 21.0 Å². The smallest absolute Gasteiger partial charge is 0.433 e. The summed E-state index contributed by atoms with van der Waals surface area (Å²) >= 11 is 0. The normalized spacial score (nSPS) is 11.6. The SMILES string of the molecule is Cc1c(-c2ccc(-c3ccccc3F)cc2)nc2cnc(C(F)(F)F)cc2c1C(=O)O. The number of rotatable bonds is 3. The van der Waals surface area contributed by atoms with E-state index in [1.54, 1.807) is 42.5 Å². The van der Waals surface area contributed by atoms with Crippen LogP contribution < -0.4 is 0 Å². The number of carboxylic acid groups (broad SMARTS) is 1. The van der Waals surface area contributed by atoms with Crippen molar-refractivity contribution in [2.45, 2.75) is 13.1 Å². The van der Waals surface area contributed by atoms with Gasteiger partial charge in [0.1, 0.15) is 11.5 Å². The Morgan fingerprint density at radius 2 is 1.65 bits per heavy atom. The third kappa shape index (κ3) is 3.72. The molecule has 31 heavy (non-hydrogen) atoms. The topological polar surface area (TPSA) is 63.1 Å². The highest BCUT2D eigenvalue weighted by Gasteiger charge is 2.33. The van der Waals surface area contributed by atoms with Crippen molar-refractivity contribution >= 4 is 16.9 Å². The van der Waals surface area contributed by atoms with Crippen LogP contribution in [0, 0.1) is 12.7 Å². The van der Waals surface area contributed by atoms with Crippen molar-refractivity contribution < 1.29 is 27.5 Å². The lowest BCUT2D eigenvalue weighted by Gasteiger charge is -2.14. The van der Waals surface area contributed by atoms with E-state index < -0.39 is 17.8 Å². The summed E-state index contributed by atoms with van der Waals surface area (Å²) in [5.74, 6) is -1.75. The molecule has 0 aliphatic rings. The molecule has 2 aromatic heterocycles. The van der Waals surface area contributed by atoms with E-state index in [4.69, 9.17) is 0 Å². The largest absolute Gasteiger partial charge is 0.478 e. The maximum absolute atomic E-state index is 14.0. The van der Waals surface area contributed by atoms with Gasteiger partial charge in [0.05, 0.1) is 23.0 Å². The predicted octanol–water partition coefficient (Wildman–Crippen LogP) is 6.13. The van der Waals surface area contributed by atoms with Crippen molar-refractivity contribution in [3.05, 3.63) is 83.4 Å². The molecule has 0 radical (unpaired) electrons. The number of hydrogen-bond acceptors (Lipinski definition) is 3. The molecule has 4 aromatic rings. The Morgan fingerprint density at radius 3 is 2.26 bits per heavy atom. The Bertz CT molecular complexity index is 1320. The number of pyridine rings is 2. The van der Waals surface area contributed by atoms with Crippen LogP contribution in [0.3, 0.4) is 0 Å². The minimum absolute atomic E-state index is 0.0316. The molecule has 0 aliphatic heterocycles. The van der Waals surface area contributed by atoms with Gasteiger partial charge in [-0.15, -0.1) is 0 Å². The van der Waals surface area contributed by atoms with Gasteiger partial charge in [-0.05, 0) is 30.2 Å². The quantitative estimate of drug-likeness (QED) is 0.401. The number of fused-ring (bicyclic) bond motifs is 1. The summed E-state index contributed by atoms with van der Waals surface area (Å²) in [5.41, 5.74) is 0.662. The number of halogens is 4. The fraction of sp³-hybridized carbons (Fsp3) is 0.0870. The van der Waals surface area contributed by atoms with Crippen LogP contribution in [-0.2, 0) is 6.18 Å². The van der Waals surface area contributed by atoms with Crippen molar-refractivity contribution in [3.8, 4) is 22.4 Å². The van der Waals surface area contributed by atoms with E-state index in [-0.39, 0.29) is 27.8 Å². The second-order valence-electron chi connectivity index (χ2n) is 6.91. The highest BCUT2D eigenvalue weighted by Crippen LogP contribution is 2.34. The van der Waals surface area contributed by atoms with E-state index in [1.165, 1.54) is 13.0 Å². The van der Waals surface area contributed by atoms with Gasteiger partial charge in [-0.25, -0.2) is 19.2 Å². The molecule has 0 unspecified atom stereocenters. The van der Waals surface area contributed by atoms with Crippen LogP contribution in [0.1, 0.15) is 21.6 Å². The van der Waals surface area contributed by atoms with E-state index in [1.807, 2.05) is 0 Å². The molecule has 0 fully saturated rings. The van der Waals surface area contributed by atoms with Gasteiger partial charge in [0.2, 0.25) is 0 Å². The standard InChI is InChI=1S/C23H14F4N2O2/c1-12-20(22(30)31)16-10-19(23(25,26)27)28-11-18(16)29-21(12)14-8-6-13(7-9-14)15-4-2-3-5-17(15)24/h2-11H,1H3,(H,30,31). The molecule has 4 nitrogen and oxygen atoms in total. The summed E-state index contributed by atoms with van der Waals surface area (Å²) in [4.78, 5) is 19.6. The monoisotopic (exact) mass is 426 g/mol. The molecule has 0 saturated carbocycles. The summed E-state index contributed by atoms with van der Waals surface area (Å²) in [6.07, 6.45) is -3.79. The van der Waals surface area contributed by atoms with Crippen LogP contribution in [0.2, 0.25) is 0 Å². The fourth-order valence-electron chi connectivity index (χ4n) is 3.48. The third-order valence-electron chi connectivity index (χ3n) is 4.96. The Morgan fingerprint density at radius 1 is 1.00 bits per heavy atom. The van der Waals surface area contributed by atoms with Gasteiger partial charge in [0.25, 0.3) is 0 Å². The van der Waals surface area contributed by atoms with Crippen LogP contribution in [0.4, 0.5) is 17.6 Å². The first-order valence-electron chi connectivity index (χ1n) is 9.13. The van der Waals surface area contributed by atoms with E-state index in [0.29, 0.717) is 28.5 Å². The highest BCUT2D eigenvalue weighted by molar-refractivity contribution is 6.05. The molecule has 1 N–H and O–H groups in total. The molecule has 0 bridgehead atoms. The Balaban J connectivity index is 1.87. The molecule has 0 saturated heterocycles. The summed E-state index contributed by atoms with van der Waals surface area (Å²) in [5, 5.41) is 9.54. The van der Waals surface area contributed by atoms with Gasteiger partial charge in [0.15, 0.2) is 0 Å². The molecule has 0 aliphatic carbocycles. The maximum atomic E-state index is 14.0. The number of benzene rings is 2. The zero-order chi connectivity index (χ0) is 22.3. The first kappa shape index (κ1) is 20.5. The second-order valence-corrected chi connectivity index (χ2v) is 6.91. The van der Waals surface area contributed by atoms with Crippen LogP contribution in [0.15, 0.2) is 60.8 Å². The van der Waals surface area contributed by atoms with E-state index in [0.717, 1.165) is 6.20 Å².